The van der Waals surface area contributed by atoms with Gasteiger partial charge >= 0.3 is 0 Å². The third-order valence-corrected chi connectivity index (χ3v) is 7.30. The Balaban J connectivity index is 1.60. The number of aromatic hydroxyl groups is 3. The zero-order chi connectivity index (χ0) is 29.9. The Kier molecular flexibility index (Phi) is 7.72. The first kappa shape index (κ1) is 29.2. The average Bonchev–Trinajstić information content (AvgIpc) is 2.93. The Morgan fingerprint density at radius 3 is 1.93 bits per heavy atom. The minimum Gasteiger partial charge on any atom is -0.507 e. The first-order chi connectivity index (χ1) is 19.4. The number of aliphatic hydroxyl groups excluding tert-OH is 8. The summed E-state index contributed by atoms with van der Waals surface area (Å²) in [7, 11) is 0. The molecule has 41 heavy (non-hydrogen) atoms. The predicted octanol–water partition coefficient (Wildman–Crippen LogP) is -3.24. The van der Waals surface area contributed by atoms with Gasteiger partial charge in [0.1, 0.15) is 83.0 Å². The summed E-state index contributed by atoms with van der Waals surface area (Å²) in [6, 6.07) is 2.84. The van der Waals surface area contributed by atoms with Gasteiger partial charge < -0.3 is 74.8 Å². The minimum atomic E-state index is -1.90. The van der Waals surface area contributed by atoms with Crippen LogP contribution in [0.15, 0.2) is 27.4 Å². The predicted molar refractivity (Wildman–Crippen MR) is 132 cm³/mol. The molecule has 11 N–H and O–H groups in total. The van der Waals surface area contributed by atoms with E-state index < -0.39 is 114 Å². The number of rotatable bonds is 5. The summed E-state index contributed by atoms with van der Waals surface area (Å²) in [5.41, 5.74) is -2.06. The number of phenolic OH excluding ortho intramolecular Hbond substituents is 3. The van der Waals surface area contributed by atoms with Gasteiger partial charge in [-0.15, -0.1) is 0 Å². The molecule has 2 aromatic carbocycles. The highest BCUT2D eigenvalue weighted by molar-refractivity contribution is 5.96. The largest absolute Gasteiger partial charge is 0.507 e. The van der Waals surface area contributed by atoms with Gasteiger partial charge in [0.25, 0.3) is 0 Å². The van der Waals surface area contributed by atoms with Crippen molar-refractivity contribution in [1.82, 2.24) is 0 Å². The van der Waals surface area contributed by atoms with Crippen molar-refractivity contribution in [2.24, 2.45) is 0 Å². The second-order valence-electron chi connectivity index (χ2n) is 9.84. The van der Waals surface area contributed by atoms with Gasteiger partial charge in [-0.05, 0) is 6.07 Å². The van der Waals surface area contributed by atoms with Gasteiger partial charge in [-0.25, -0.2) is 0 Å². The van der Waals surface area contributed by atoms with E-state index in [4.69, 9.17) is 18.6 Å². The van der Waals surface area contributed by atoms with Crippen LogP contribution in [0.2, 0.25) is 0 Å². The van der Waals surface area contributed by atoms with Gasteiger partial charge in [-0.1, -0.05) is 0 Å². The fourth-order valence-electron chi connectivity index (χ4n) is 5.02. The summed E-state index contributed by atoms with van der Waals surface area (Å²) in [6.45, 7) is -1.53. The highest BCUT2D eigenvalue weighted by Gasteiger charge is 2.47. The Labute approximate surface area is 228 Å². The lowest BCUT2D eigenvalue weighted by molar-refractivity contribution is -0.277. The molecule has 16 nitrogen and oxygen atoms in total. The maximum absolute atomic E-state index is 13.5. The van der Waals surface area contributed by atoms with Gasteiger partial charge in [0.2, 0.25) is 11.7 Å². The molecule has 2 fully saturated rings. The van der Waals surface area contributed by atoms with E-state index in [-0.39, 0.29) is 16.6 Å². The Morgan fingerprint density at radius 1 is 0.707 bits per heavy atom. The molecule has 10 atom stereocenters. The molecule has 0 unspecified atom stereocenters. The van der Waals surface area contributed by atoms with Crippen molar-refractivity contribution in [2.45, 2.75) is 61.2 Å². The highest BCUT2D eigenvalue weighted by atomic mass is 16.7. The van der Waals surface area contributed by atoms with Gasteiger partial charge in [0.15, 0.2) is 11.5 Å². The van der Waals surface area contributed by atoms with Crippen molar-refractivity contribution >= 4 is 21.9 Å². The van der Waals surface area contributed by atoms with Crippen LogP contribution in [0, 0.1) is 0 Å². The monoisotopic (exact) mass is 584 g/mol. The normalized spacial score (nSPS) is 34.2. The van der Waals surface area contributed by atoms with Crippen molar-refractivity contribution < 1.29 is 74.8 Å². The van der Waals surface area contributed by atoms with Crippen LogP contribution < -0.4 is 10.2 Å². The maximum atomic E-state index is 13.5. The Hall–Kier alpha value is -3.29. The maximum Gasteiger partial charge on any atom is 0.229 e. The van der Waals surface area contributed by atoms with Gasteiger partial charge in [0, 0.05) is 12.1 Å². The van der Waals surface area contributed by atoms with Crippen molar-refractivity contribution in [3.8, 4) is 23.0 Å². The van der Waals surface area contributed by atoms with Crippen LogP contribution in [-0.4, -0.2) is 125 Å². The van der Waals surface area contributed by atoms with Crippen LogP contribution in [0.4, 0.5) is 0 Å². The molecule has 5 rings (SSSR count). The molecule has 0 aliphatic carbocycles. The number of ether oxygens (including phenoxy) is 3. The second-order valence-corrected chi connectivity index (χ2v) is 9.84. The lowest BCUT2D eigenvalue weighted by atomic mass is 9.89. The SMILES string of the molecule is O=c1c2cc(O[C@H]3O[C@@H](CO)[C@H](O)[C@@H](O)[C@@H]3O)c(O)cc2oc2cc(O)c([C@H]3O[C@@H](CO)[C@H](O)[C@@H](O)[C@@H]3O)c(O)c12. The van der Waals surface area contributed by atoms with E-state index in [0.29, 0.717) is 0 Å². The molecule has 0 spiro atoms. The number of phenols is 3. The fourth-order valence-corrected chi connectivity index (χ4v) is 5.02. The molecule has 2 aliphatic heterocycles. The number of benzene rings is 2. The van der Waals surface area contributed by atoms with Crippen molar-refractivity contribution in [3.63, 3.8) is 0 Å². The lowest BCUT2D eigenvalue weighted by Gasteiger charge is -2.40. The lowest BCUT2D eigenvalue weighted by Crippen LogP contribution is -2.60. The molecule has 1 aromatic heterocycles. The average molecular weight is 584 g/mol. The van der Waals surface area contributed by atoms with Crippen LogP contribution in [0.5, 0.6) is 23.0 Å². The quantitative estimate of drug-likeness (QED) is 0.131. The molecule has 3 heterocycles. The van der Waals surface area contributed by atoms with Gasteiger partial charge in [-0.2, -0.15) is 0 Å². The molecule has 2 aliphatic rings. The molecule has 0 radical (unpaired) electrons. The van der Waals surface area contributed by atoms with Crippen molar-refractivity contribution in [2.75, 3.05) is 13.2 Å². The topological polar surface area (TPSA) is 280 Å². The first-order valence-corrected chi connectivity index (χ1v) is 12.4. The van der Waals surface area contributed by atoms with Crippen LogP contribution >= 0.6 is 0 Å². The second kappa shape index (κ2) is 10.8. The molecule has 0 saturated carbocycles. The third-order valence-electron chi connectivity index (χ3n) is 7.30. The smallest absolute Gasteiger partial charge is 0.229 e. The number of hydrogen-bond donors (Lipinski definition) is 11. The zero-order valence-corrected chi connectivity index (χ0v) is 20.9. The number of aliphatic hydroxyl groups is 8. The van der Waals surface area contributed by atoms with Crippen molar-refractivity contribution in [1.29, 1.82) is 0 Å². The van der Waals surface area contributed by atoms with Crippen LogP contribution in [0.3, 0.4) is 0 Å². The third kappa shape index (κ3) is 4.73. The van der Waals surface area contributed by atoms with E-state index >= 15 is 0 Å². The number of hydrogen-bond acceptors (Lipinski definition) is 16. The molecule has 224 valence electrons. The summed E-state index contributed by atoms with van der Waals surface area (Å²) in [5.74, 6) is -2.72. The van der Waals surface area contributed by atoms with Crippen LogP contribution in [0.1, 0.15) is 11.7 Å². The van der Waals surface area contributed by atoms with Crippen LogP contribution in [0.25, 0.3) is 21.9 Å². The molecule has 0 amide bonds. The fraction of sp³-hybridized carbons (Fsp3) is 0.480. The summed E-state index contributed by atoms with van der Waals surface area (Å²) in [6.07, 6.45) is -16.9. The zero-order valence-electron chi connectivity index (χ0n) is 20.9. The standard InChI is InChI=1S/C25H28O16/c26-4-12-17(31)20(34)22(36)24(39-12)14-8(29)3-11-15(19(14)33)16(30)6-1-10(7(28)2-9(6)38-11)40-25-23(37)21(35)18(32)13(5-27)41-25/h1-3,12-13,17-18,20-29,31-37H,4-5H2/t12-,13-,17-,18-,20+,21+,22-,23-,24+,25-/m0/s1. The Bertz CT molecular complexity index is 1500. The summed E-state index contributed by atoms with van der Waals surface area (Å²) >= 11 is 0. The highest BCUT2D eigenvalue weighted by Crippen LogP contribution is 2.45. The van der Waals surface area contributed by atoms with Gasteiger partial charge in [-0.3, -0.25) is 4.79 Å². The molecule has 16 heteroatoms. The molecular weight excluding hydrogens is 556 g/mol. The van der Waals surface area contributed by atoms with Crippen LogP contribution in [-0.2, 0) is 9.47 Å². The molecule has 3 aromatic rings. The van der Waals surface area contributed by atoms with E-state index in [9.17, 15) is 61.0 Å². The first-order valence-electron chi connectivity index (χ1n) is 12.4. The van der Waals surface area contributed by atoms with Gasteiger partial charge in [0.05, 0.1) is 24.2 Å². The summed E-state index contributed by atoms with van der Waals surface area (Å²) < 4.78 is 21.7. The van der Waals surface area contributed by atoms with E-state index in [1.807, 2.05) is 0 Å². The van der Waals surface area contributed by atoms with E-state index in [1.165, 1.54) is 0 Å². The summed E-state index contributed by atoms with van der Waals surface area (Å²) in [5, 5.41) is 111. The summed E-state index contributed by atoms with van der Waals surface area (Å²) in [4.78, 5) is 13.5. The molecule has 2 saturated heterocycles. The van der Waals surface area contributed by atoms with E-state index in [1.54, 1.807) is 0 Å². The minimum absolute atomic E-state index is 0.236. The van der Waals surface area contributed by atoms with E-state index in [0.717, 1.165) is 18.2 Å². The van der Waals surface area contributed by atoms with Crippen molar-refractivity contribution in [3.05, 3.63) is 34.0 Å². The molecule has 0 bridgehead atoms. The van der Waals surface area contributed by atoms with E-state index in [2.05, 4.69) is 0 Å². The molecular formula is C25H28O16. The Morgan fingerprint density at radius 2 is 1.29 bits per heavy atom. The number of fused-ring (bicyclic) bond motifs is 2.